The van der Waals surface area contributed by atoms with Gasteiger partial charge in [0, 0.05) is 31.8 Å². The lowest BCUT2D eigenvalue weighted by atomic mass is 9.94. The summed E-state index contributed by atoms with van der Waals surface area (Å²) in [5.74, 6) is -1.45. The lowest BCUT2D eigenvalue weighted by Gasteiger charge is -2.23. The molecule has 30 heavy (non-hydrogen) atoms. The summed E-state index contributed by atoms with van der Waals surface area (Å²) in [4.78, 5) is 4.85. The average molecular weight is 442 g/mol. The number of anilines is 1. The van der Waals surface area contributed by atoms with Crippen molar-refractivity contribution in [3.8, 4) is 0 Å². The Balaban J connectivity index is 2.00. The predicted octanol–water partition coefficient (Wildman–Crippen LogP) is 5.34. The molecule has 2 aromatic rings. The van der Waals surface area contributed by atoms with E-state index in [1.807, 2.05) is 6.07 Å². The van der Waals surface area contributed by atoms with Crippen LogP contribution in [0.25, 0.3) is 11.0 Å². The second-order valence-electron chi connectivity index (χ2n) is 9.49. The molecule has 1 aliphatic carbocycles. The molecule has 1 heterocycles. The van der Waals surface area contributed by atoms with E-state index in [2.05, 4.69) is 25.3 Å². The molecule has 8 heteroatoms. The van der Waals surface area contributed by atoms with Crippen molar-refractivity contribution in [2.75, 3.05) is 17.1 Å². The summed E-state index contributed by atoms with van der Waals surface area (Å²) in [6.07, 6.45) is 1.75. The summed E-state index contributed by atoms with van der Waals surface area (Å²) in [5.41, 5.74) is 2.00. The molecule has 0 spiro atoms. The van der Waals surface area contributed by atoms with Gasteiger partial charge in [-0.2, -0.15) is 0 Å². The number of aromatic nitrogens is 2. The third-order valence-electron chi connectivity index (χ3n) is 6.06. The van der Waals surface area contributed by atoms with Crippen LogP contribution in [-0.4, -0.2) is 36.7 Å². The normalized spacial score (nSPS) is 20.3. The zero-order valence-corrected chi connectivity index (χ0v) is 19.4. The molecule has 5 nitrogen and oxygen atoms in total. The Morgan fingerprint density at radius 3 is 2.57 bits per heavy atom. The molecule has 1 unspecified atom stereocenters. The first-order chi connectivity index (χ1) is 13.8. The highest BCUT2D eigenvalue weighted by molar-refractivity contribution is 7.92. The van der Waals surface area contributed by atoms with Crippen LogP contribution < -0.4 is 4.31 Å². The number of sulfonamides is 1. The van der Waals surface area contributed by atoms with Crippen LogP contribution in [0.4, 0.5) is 14.5 Å². The van der Waals surface area contributed by atoms with Gasteiger partial charge in [0.25, 0.3) is 0 Å². The molecule has 0 N–H and O–H groups in total. The minimum atomic E-state index is -3.36. The number of halogens is 2. The van der Waals surface area contributed by atoms with Crippen molar-refractivity contribution in [2.24, 2.45) is 5.92 Å². The number of fused-ring (bicyclic) bond motifs is 1. The summed E-state index contributed by atoms with van der Waals surface area (Å²) < 4.78 is 55.6. The fourth-order valence-corrected chi connectivity index (χ4v) is 5.02. The summed E-state index contributed by atoms with van der Waals surface area (Å²) in [6, 6.07) is 5.50. The molecule has 3 rings (SSSR count). The Morgan fingerprint density at radius 2 is 1.93 bits per heavy atom. The predicted molar refractivity (Wildman–Crippen MR) is 118 cm³/mol. The monoisotopic (exact) mass is 441 g/mol. The smallest absolute Gasteiger partial charge is 0.248 e. The number of rotatable bonds is 5. The SMILES string of the molecule is CCS(=O)(=O)N(C)c1ccc2c(c1)nc(C(C)(C)C)n2CC1CCCC(F)(F)CC1. The van der Waals surface area contributed by atoms with E-state index in [1.54, 1.807) is 26.1 Å². The summed E-state index contributed by atoms with van der Waals surface area (Å²) in [5, 5.41) is 0. The van der Waals surface area contributed by atoms with Gasteiger partial charge >= 0.3 is 0 Å². The lowest BCUT2D eigenvalue weighted by molar-refractivity contribution is -0.0149. The van der Waals surface area contributed by atoms with Crippen molar-refractivity contribution in [1.82, 2.24) is 9.55 Å². The van der Waals surface area contributed by atoms with E-state index in [9.17, 15) is 17.2 Å². The van der Waals surface area contributed by atoms with Crippen LogP contribution in [0.2, 0.25) is 0 Å². The molecule has 1 atom stereocenters. The first-order valence-electron chi connectivity index (χ1n) is 10.7. The van der Waals surface area contributed by atoms with Crippen LogP contribution in [0.15, 0.2) is 18.2 Å². The van der Waals surface area contributed by atoms with Crippen LogP contribution in [0.5, 0.6) is 0 Å². The van der Waals surface area contributed by atoms with E-state index in [0.717, 1.165) is 23.3 Å². The maximum Gasteiger partial charge on any atom is 0.248 e. The first kappa shape index (κ1) is 23.0. The molecule has 0 saturated heterocycles. The summed E-state index contributed by atoms with van der Waals surface area (Å²) >= 11 is 0. The number of alkyl halides is 2. The highest BCUT2D eigenvalue weighted by Crippen LogP contribution is 2.37. The van der Waals surface area contributed by atoms with E-state index in [-0.39, 0.29) is 29.9 Å². The molecule has 0 bridgehead atoms. The van der Waals surface area contributed by atoms with Crippen LogP contribution >= 0.6 is 0 Å². The molecule has 1 aromatic heterocycles. The minimum absolute atomic E-state index is 0.0233. The van der Waals surface area contributed by atoms with Crippen LogP contribution in [-0.2, 0) is 22.0 Å². The Morgan fingerprint density at radius 1 is 1.23 bits per heavy atom. The molecule has 1 fully saturated rings. The second kappa shape index (κ2) is 8.09. The van der Waals surface area contributed by atoms with Crippen molar-refractivity contribution in [2.45, 2.75) is 77.7 Å². The van der Waals surface area contributed by atoms with Gasteiger partial charge in [0.1, 0.15) is 5.82 Å². The number of benzene rings is 1. The van der Waals surface area contributed by atoms with Gasteiger partial charge in [-0.05, 0) is 50.3 Å². The quantitative estimate of drug-likeness (QED) is 0.589. The van der Waals surface area contributed by atoms with E-state index in [0.29, 0.717) is 25.1 Å². The van der Waals surface area contributed by atoms with Crippen molar-refractivity contribution in [3.63, 3.8) is 0 Å². The van der Waals surface area contributed by atoms with Gasteiger partial charge in [0.15, 0.2) is 0 Å². The largest absolute Gasteiger partial charge is 0.327 e. The van der Waals surface area contributed by atoms with Crippen LogP contribution in [0, 0.1) is 5.92 Å². The first-order valence-corrected chi connectivity index (χ1v) is 12.3. The van der Waals surface area contributed by atoms with E-state index >= 15 is 0 Å². The van der Waals surface area contributed by atoms with Crippen molar-refractivity contribution >= 4 is 26.7 Å². The van der Waals surface area contributed by atoms with E-state index in [4.69, 9.17) is 4.98 Å². The fraction of sp³-hybridized carbons (Fsp3) is 0.682. The van der Waals surface area contributed by atoms with Gasteiger partial charge < -0.3 is 4.57 Å². The van der Waals surface area contributed by atoms with Gasteiger partial charge in [0.2, 0.25) is 15.9 Å². The van der Waals surface area contributed by atoms with Crippen molar-refractivity contribution in [3.05, 3.63) is 24.0 Å². The van der Waals surface area contributed by atoms with Gasteiger partial charge in [0.05, 0.1) is 22.5 Å². The topological polar surface area (TPSA) is 55.2 Å². The molecule has 1 aliphatic rings. The fourth-order valence-electron chi connectivity index (χ4n) is 4.20. The Bertz CT molecular complexity index is 1010. The van der Waals surface area contributed by atoms with Crippen LogP contribution in [0.3, 0.4) is 0 Å². The van der Waals surface area contributed by atoms with Gasteiger partial charge in [-0.15, -0.1) is 0 Å². The summed E-state index contributed by atoms with van der Waals surface area (Å²) in [7, 11) is -1.81. The molecule has 1 saturated carbocycles. The number of hydrogen-bond donors (Lipinski definition) is 0. The lowest BCUT2D eigenvalue weighted by Crippen LogP contribution is -2.27. The van der Waals surface area contributed by atoms with Crippen LogP contribution in [0.1, 0.15) is 65.6 Å². The Labute approximate surface area is 178 Å². The maximum atomic E-state index is 13.8. The highest BCUT2D eigenvalue weighted by Gasteiger charge is 2.33. The third-order valence-corrected chi connectivity index (χ3v) is 7.84. The molecule has 1 aromatic carbocycles. The minimum Gasteiger partial charge on any atom is -0.327 e. The highest BCUT2D eigenvalue weighted by atomic mass is 32.2. The Kier molecular flexibility index (Phi) is 6.20. The van der Waals surface area contributed by atoms with E-state index < -0.39 is 15.9 Å². The molecule has 0 radical (unpaired) electrons. The molecule has 0 amide bonds. The molecular formula is C22H33F2N3O2S. The van der Waals surface area contributed by atoms with Gasteiger partial charge in [-0.25, -0.2) is 22.2 Å². The maximum absolute atomic E-state index is 13.8. The molecular weight excluding hydrogens is 408 g/mol. The van der Waals surface area contributed by atoms with Crippen molar-refractivity contribution < 1.29 is 17.2 Å². The van der Waals surface area contributed by atoms with Gasteiger partial charge in [-0.1, -0.05) is 20.8 Å². The second-order valence-corrected chi connectivity index (χ2v) is 11.8. The standard InChI is InChI=1S/C22H33F2N3O2S/c1-6-30(28,29)26(5)17-9-10-19-18(14-17)25-20(21(2,3)4)27(19)15-16-8-7-12-22(23,24)13-11-16/h9-10,14,16H,6-8,11-13,15H2,1-5H3. The van der Waals surface area contributed by atoms with Crippen molar-refractivity contribution in [1.29, 1.82) is 0 Å². The zero-order chi connectivity index (χ0) is 22.3. The molecule has 0 aliphatic heterocycles. The summed E-state index contributed by atoms with van der Waals surface area (Å²) in [6.45, 7) is 8.52. The number of nitrogens with zero attached hydrogens (tertiary/aromatic N) is 3. The third kappa shape index (κ3) is 4.79. The van der Waals surface area contributed by atoms with Gasteiger partial charge in [-0.3, -0.25) is 4.31 Å². The number of imidazole rings is 1. The molecule has 168 valence electrons. The Hall–Kier alpha value is -1.70. The van der Waals surface area contributed by atoms with E-state index in [1.165, 1.54) is 4.31 Å². The zero-order valence-electron chi connectivity index (χ0n) is 18.6. The number of hydrogen-bond acceptors (Lipinski definition) is 3. The average Bonchev–Trinajstić information content (AvgIpc) is 2.93.